The Labute approximate surface area is 104 Å². The molecule has 0 aromatic carbocycles. The molecule has 17 heavy (non-hydrogen) atoms. The summed E-state index contributed by atoms with van der Waals surface area (Å²) in [4.78, 5) is 29.2. The summed E-state index contributed by atoms with van der Waals surface area (Å²) in [5.41, 5.74) is -0.748. The molecule has 0 bridgehead atoms. The van der Waals surface area contributed by atoms with Crippen molar-refractivity contribution in [3.05, 3.63) is 22.6 Å². The van der Waals surface area contributed by atoms with Crippen molar-refractivity contribution in [1.29, 1.82) is 0 Å². The first kappa shape index (κ1) is 13.8. The van der Waals surface area contributed by atoms with E-state index in [4.69, 9.17) is 4.74 Å². The molecule has 0 saturated carbocycles. The highest BCUT2D eigenvalue weighted by Crippen LogP contribution is 2.20. The maximum absolute atomic E-state index is 11.7. The van der Waals surface area contributed by atoms with E-state index < -0.39 is 10.9 Å². The van der Waals surface area contributed by atoms with Crippen molar-refractivity contribution < 1.29 is 9.53 Å². The first-order valence-electron chi connectivity index (χ1n) is 5.23. The molecule has 1 atom stereocenters. The van der Waals surface area contributed by atoms with E-state index in [2.05, 4.69) is 9.97 Å². The lowest BCUT2D eigenvalue weighted by Gasteiger charge is -2.21. The van der Waals surface area contributed by atoms with Gasteiger partial charge in [-0.05, 0) is 27.7 Å². The number of esters is 1. The van der Waals surface area contributed by atoms with E-state index in [0.717, 1.165) is 0 Å². The molecule has 0 radical (unpaired) electrons. The van der Waals surface area contributed by atoms with Crippen LogP contribution >= 0.6 is 11.8 Å². The summed E-state index contributed by atoms with van der Waals surface area (Å²) in [5.74, 6) is -0.325. The lowest BCUT2D eigenvalue weighted by Crippen LogP contribution is -2.29. The van der Waals surface area contributed by atoms with Gasteiger partial charge in [0.15, 0.2) is 5.16 Å². The molecule has 0 aliphatic heterocycles. The predicted octanol–water partition coefficient (Wildman–Crippen LogP) is 1.59. The van der Waals surface area contributed by atoms with Gasteiger partial charge >= 0.3 is 5.97 Å². The number of rotatable bonds is 3. The van der Waals surface area contributed by atoms with E-state index in [1.165, 1.54) is 24.0 Å². The minimum absolute atomic E-state index is 0.237. The van der Waals surface area contributed by atoms with Crippen LogP contribution in [-0.2, 0) is 9.53 Å². The molecule has 0 saturated heterocycles. The number of carbonyl (C=O) groups excluding carboxylic acids is 1. The lowest BCUT2D eigenvalue weighted by molar-refractivity contribution is -0.153. The maximum atomic E-state index is 11.7. The van der Waals surface area contributed by atoms with Crippen molar-refractivity contribution in [1.82, 2.24) is 9.97 Å². The topological polar surface area (TPSA) is 72.0 Å². The van der Waals surface area contributed by atoms with Gasteiger partial charge in [-0.3, -0.25) is 9.59 Å². The summed E-state index contributed by atoms with van der Waals surface area (Å²) in [6.45, 7) is 7.15. The molecule has 1 aromatic heterocycles. The van der Waals surface area contributed by atoms with Crippen LogP contribution in [0, 0.1) is 0 Å². The van der Waals surface area contributed by atoms with E-state index in [0.29, 0.717) is 5.16 Å². The van der Waals surface area contributed by atoms with Gasteiger partial charge in [-0.15, -0.1) is 0 Å². The summed E-state index contributed by atoms with van der Waals surface area (Å²) in [7, 11) is 0. The van der Waals surface area contributed by atoms with Gasteiger partial charge in [-0.1, -0.05) is 11.8 Å². The van der Waals surface area contributed by atoms with Crippen LogP contribution in [0.1, 0.15) is 27.7 Å². The number of nitrogens with zero attached hydrogens (tertiary/aromatic N) is 1. The van der Waals surface area contributed by atoms with Gasteiger partial charge in [-0.25, -0.2) is 4.98 Å². The Hall–Kier alpha value is -1.30. The van der Waals surface area contributed by atoms with Gasteiger partial charge in [0.1, 0.15) is 10.9 Å². The van der Waals surface area contributed by atoms with E-state index in [9.17, 15) is 9.59 Å². The normalized spacial score (nSPS) is 13.2. The summed E-state index contributed by atoms with van der Waals surface area (Å²) in [6.07, 6.45) is 1.41. The van der Waals surface area contributed by atoms with Gasteiger partial charge < -0.3 is 9.72 Å². The SMILES string of the molecule is CC(Sc1nccc(=O)[nH]1)C(=O)OC(C)(C)C. The molecule has 0 amide bonds. The number of carbonyl (C=O) groups is 1. The Bertz CT molecular complexity index is 451. The van der Waals surface area contributed by atoms with Crippen molar-refractivity contribution in [3.63, 3.8) is 0 Å². The fourth-order valence-electron chi connectivity index (χ4n) is 1.01. The van der Waals surface area contributed by atoms with Crippen LogP contribution in [0.4, 0.5) is 0 Å². The number of H-pyrrole nitrogens is 1. The highest BCUT2D eigenvalue weighted by Gasteiger charge is 2.22. The Balaban J connectivity index is 2.63. The Morgan fingerprint density at radius 1 is 1.53 bits per heavy atom. The highest BCUT2D eigenvalue weighted by atomic mass is 32.2. The summed E-state index contributed by atoms with van der Waals surface area (Å²) >= 11 is 1.17. The van der Waals surface area contributed by atoms with E-state index >= 15 is 0 Å². The predicted molar refractivity (Wildman–Crippen MR) is 66.0 cm³/mol. The fraction of sp³-hybridized carbons (Fsp3) is 0.545. The monoisotopic (exact) mass is 256 g/mol. The molecule has 0 fully saturated rings. The second-order valence-corrected chi connectivity index (χ2v) is 5.86. The third-order valence-corrected chi connectivity index (χ3v) is 2.65. The van der Waals surface area contributed by atoms with Crippen molar-refractivity contribution in [2.24, 2.45) is 0 Å². The van der Waals surface area contributed by atoms with Crippen LogP contribution in [0.2, 0.25) is 0 Å². The van der Waals surface area contributed by atoms with Gasteiger partial charge in [0.05, 0.1) is 0 Å². The van der Waals surface area contributed by atoms with Crippen LogP contribution in [-0.4, -0.2) is 26.8 Å². The van der Waals surface area contributed by atoms with E-state index in [1.807, 2.05) is 20.8 Å². The average molecular weight is 256 g/mol. The third kappa shape index (κ3) is 5.04. The van der Waals surface area contributed by atoms with Gasteiger partial charge in [-0.2, -0.15) is 0 Å². The number of nitrogens with one attached hydrogen (secondary N) is 1. The first-order valence-corrected chi connectivity index (χ1v) is 6.11. The van der Waals surface area contributed by atoms with Crippen LogP contribution in [0.5, 0.6) is 0 Å². The minimum Gasteiger partial charge on any atom is -0.459 e. The minimum atomic E-state index is -0.510. The van der Waals surface area contributed by atoms with Crippen LogP contribution < -0.4 is 5.56 Å². The molecular formula is C11H16N2O3S. The number of thioether (sulfide) groups is 1. The molecule has 0 aliphatic rings. The van der Waals surface area contributed by atoms with E-state index in [1.54, 1.807) is 6.92 Å². The second kappa shape index (κ2) is 5.35. The third-order valence-electron chi connectivity index (χ3n) is 1.67. The van der Waals surface area contributed by atoms with Crippen LogP contribution in [0.15, 0.2) is 22.2 Å². The Morgan fingerprint density at radius 2 is 2.18 bits per heavy atom. The molecule has 0 spiro atoms. The zero-order valence-electron chi connectivity index (χ0n) is 10.3. The average Bonchev–Trinajstić information content (AvgIpc) is 2.14. The van der Waals surface area contributed by atoms with Crippen molar-refractivity contribution in [3.8, 4) is 0 Å². The van der Waals surface area contributed by atoms with E-state index in [-0.39, 0.29) is 11.5 Å². The van der Waals surface area contributed by atoms with Gasteiger partial charge in [0.25, 0.3) is 5.56 Å². The molecule has 1 rings (SSSR count). The summed E-state index contributed by atoms with van der Waals surface area (Å²) in [6, 6.07) is 1.32. The van der Waals surface area contributed by atoms with Gasteiger partial charge in [0, 0.05) is 12.3 Å². The number of ether oxygens (including phenoxy) is 1. The first-order chi connectivity index (χ1) is 7.78. The standard InChI is InChI=1S/C11H16N2O3S/c1-7(9(15)16-11(2,3)4)17-10-12-6-5-8(14)13-10/h5-7H,1-4H3,(H,12,13,14). The Kier molecular flexibility index (Phi) is 4.34. The number of hydrogen-bond donors (Lipinski definition) is 1. The highest BCUT2D eigenvalue weighted by molar-refractivity contribution is 8.00. The maximum Gasteiger partial charge on any atom is 0.319 e. The quantitative estimate of drug-likeness (QED) is 0.505. The largest absolute Gasteiger partial charge is 0.459 e. The van der Waals surface area contributed by atoms with Crippen molar-refractivity contribution in [2.45, 2.75) is 43.7 Å². The Morgan fingerprint density at radius 3 is 2.71 bits per heavy atom. The molecule has 1 N–H and O–H groups in total. The van der Waals surface area contributed by atoms with Crippen molar-refractivity contribution in [2.75, 3.05) is 0 Å². The molecule has 94 valence electrons. The number of aromatic amines is 1. The zero-order valence-corrected chi connectivity index (χ0v) is 11.1. The van der Waals surface area contributed by atoms with Crippen LogP contribution in [0.3, 0.4) is 0 Å². The lowest BCUT2D eigenvalue weighted by atomic mass is 10.2. The van der Waals surface area contributed by atoms with Crippen molar-refractivity contribution >= 4 is 17.7 Å². The molecule has 0 aliphatic carbocycles. The molecule has 6 heteroatoms. The molecular weight excluding hydrogens is 240 g/mol. The fourth-order valence-corrected chi connectivity index (χ4v) is 1.77. The zero-order chi connectivity index (χ0) is 13.1. The smallest absolute Gasteiger partial charge is 0.319 e. The summed E-state index contributed by atoms with van der Waals surface area (Å²) in [5, 5.41) is -0.00404. The number of hydrogen-bond acceptors (Lipinski definition) is 5. The molecule has 1 aromatic rings. The molecule has 5 nitrogen and oxygen atoms in total. The number of aromatic nitrogens is 2. The summed E-state index contributed by atoms with van der Waals surface area (Å²) < 4.78 is 5.22. The second-order valence-electron chi connectivity index (χ2n) is 4.53. The molecule has 1 unspecified atom stereocenters. The van der Waals surface area contributed by atoms with Crippen LogP contribution in [0.25, 0.3) is 0 Å². The van der Waals surface area contributed by atoms with Gasteiger partial charge in [0.2, 0.25) is 0 Å². The molecule has 1 heterocycles.